The van der Waals surface area contributed by atoms with Gasteiger partial charge in [0.25, 0.3) is 0 Å². The van der Waals surface area contributed by atoms with Crippen molar-refractivity contribution in [1.82, 2.24) is 0 Å². The molecule has 0 unspecified atom stereocenters. The molecule has 0 fully saturated rings. The Kier molecular flexibility index (Phi) is 5.96. The molecule has 0 heterocycles. The standard InChI is InChI=1S/C49H39N/c1-30-26-42-46(36-23-13-11-20-33(30)36)38-27-41-39(28-40(38)48(42,2)3)47-37-24-14-12-22-35(37)45(29-43(47)49(41,4)5)50(32-18-7-6-8-19-32)44-25-15-17-31-16-9-10-21-34(31)44/h6-29H,1-5H3. The second kappa shape index (κ2) is 10.2. The van der Waals surface area contributed by atoms with Crippen LogP contribution in [0.3, 0.4) is 0 Å². The molecule has 240 valence electrons. The normalized spacial score (nSPS) is 14.8. The van der Waals surface area contributed by atoms with Crippen molar-refractivity contribution in [3.05, 3.63) is 173 Å². The van der Waals surface area contributed by atoms with Crippen molar-refractivity contribution in [1.29, 1.82) is 0 Å². The van der Waals surface area contributed by atoms with Crippen molar-refractivity contribution in [2.45, 2.75) is 45.4 Å². The van der Waals surface area contributed by atoms with Gasteiger partial charge in [0, 0.05) is 27.3 Å². The fourth-order valence-electron chi connectivity index (χ4n) is 9.39. The van der Waals surface area contributed by atoms with Crippen LogP contribution in [0.15, 0.2) is 146 Å². The Morgan fingerprint density at radius 2 is 0.900 bits per heavy atom. The quantitative estimate of drug-likeness (QED) is 0.186. The summed E-state index contributed by atoms with van der Waals surface area (Å²) >= 11 is 0. The largest absolute Gasteiger partial charge is 0.309 e. The molecule has 1 nitrogen and oxygen atoms in total. The van der Waals surface area contributed by atoms with Crippen molar-refractivity contribution in [3.63, 3.8) is 0 Å². The lowest BCUT2D eigenvalue weighted by atomic mass is 9.79. The Labute approximate surface area is 294 Å². The average Bonchev–Trinajstić information content (AvgIpc) is 3.50. The molecule has 0 amide bonds. The van der Waals surface area contributed by atoms with Crippen molar-refractivity contribution in [2.75, 3.05) is 4.90 Å². The van der Waals surface area contributed by atoms with Crippen molar-refractivity contribution >= 4 is 49.4 Å². The number of para-hydroxylation sites is 1. The summed E-state index contributed by atoms with van der Waals surface area (Å²) in [4.78, 5) is 2.48. The van der Waals surface area contributed by atoms with E-state index in [1.54, 1.807) is 0 Å². The second-order valence-electron chi connectivity index (χ2n) is 15.4. The molecule has 2 aliphatic carbocycles. The first-order valence-corrected chi connectivity index (χ1v) is 17.9. The first-order valence-electron chi connectivity index (χ1n) is 17.9. The molecular formula is C49H39N. The zero-order valence-corrected chi connectivity index (χ0v) is 29.3. The van der Waals surface area contributed by atoms with E-state index >= 15 is 0 Å². The van der Waals surface area contributed by atoms with E-state index in [-0.39, 0.29) is 10.8 Å². The number of rotatable bonds is 3. The van der Waals surface area contributed by atoms with Gasteiger partial charge in [-0.15, -0.1) is 0 Å². The summed E-state index contributed by atoms with van der Waals surface area (Å²) in [6, 6.07) is 54.4. The molecule has 0 aromatic heterocycles. The molecule has 8 aromatic carbocycles. The van der Waals surface area contributed by atoms with Gasteiger partial charge in [-0.1, -0.05) is 137 Å². The molecule has 0 radical (unpaired) electrons. The van der Waals surface area contributed by atoms with Gasteiger partial charge in [-0.2, -0.15) is 0 Å². The average molecular weight is 642 g/mol. The lowest BCUT2D eigenvalue weighted by Gasteiger charge is -2.30. The van der Waals surface area contributed by atoms with E-state index in [0.717, 1.165) is 5.69 Å². The Hall–Kier alpha value is -5.66. The van der Waals surface area contributed by atoms with Gasteiger partial charge in [0.05, 0.1) is 11.4 Å². The van der Waals surface area contributed by atoms with E-state index in [9.17, 15) is 0 Å². The Morgan fingerprint density at radius 1 is 0.400 bits per heavy atom. The summed E-state index contributed by atoms with van der Waals surface area (Å²) in [6.07, 6.45) is 0. The molecule has 50 heavy (non-hydrogen) atoms. The maximum Gasteiger partial charge on any atom is 0.0543 e. The molecule has 0 spiro atoms. The van der Waals surface area contributed by atoms with Crippen LogP contribution in [0.2, 0.25) is 0 Å². The molecule has 0 saturated carbocycles. The smallest absolute Gasteiger partial charge is 0.0543 e. The maximum absolute atomic E-state index is 2.56. The minimum Gasteiger partial charge on any atom is -0.309 e. The highest BCUT2D eigenvalue weighted by molar-refractivity contribution is 6.13. The fraction of sp³-hybridized carbons (Fsp3) is 0.143. The van der Waals surface area contributed by atoms with Crippen molar-refractivity contribution < 1.29 is 0 Å². The minimum absolute atomic E-state index is 0.102. The summed E-state index contributed by atoms with van der Waals surface area (Å²) < 4.78 is 0. The molecule has 0 saturated heterocycles. The molecule has 0 N–H and O–H groups in total. The number of benzene rings is 8. The molecule has 1 heteroatoms. The van der Waals surface area contributed by atoms with Crippen LogP contribution in [-0.4, -0.2) is 0 Å². The highest BCUT2D eigenvalue weighted by atomic mass is 15.1. The topological polar surface area (TPSA) is 3.24 Å². The Balaban J connectivity index is 1.27. The molecular weight excluding hydrogens is 603 g/mol. The third kappa shape index (κ3) is 3.84. The van der Waals surface area contributed by atoms with Crippen LogP contribution in [0.4, 0.5) is 17.1 Å². The lowest BCUT2D eigenvalue weighted by molar-refractivity contribution is 0.652. The van der Waals surface area contributed by atoms with E-state index in [1.807, 2.05) is 0 Å². The van der Waals surface area contributed by atoms with Gasteiger partial charge in [0.1, 0.15) is 0 Å². The third-order valence-electron chi connectivity index (χ3n) is 11.9. The fourth-order valence-corrected chi connectivity index (χ4v) is 9.39. The number of aryl methyl sites for hydroxylation is 1. The highest BCUT2D eigenvalue weighted by Crippen LogP contribution is 2.60. The van der Waals surface area contributed by atoms with Crippen LogP contribution in [-0.2, 0) is 10.8 Å². The molecule has 2 aliphatic rings. The van der Waals surface area contributed by atoms with Crippen LogP contribution in [0, 0.1) is 6.92 Å². The number of nitrogens with zero attached hydrogens (tertiary/aromatic N) is 1. The number of anilines is 3. The van der Waals surface area contributed by atoms with E-state index in [2.05, 4.69) is 185 Å². The van der Waals surface area contributed by atoms with Crippen molar-refractivity contribution in [2.24, 2.45) is 0 Å². The van der Waals surface area contributed by atoms with Gasteiger partial charge < -0.3 is 4.90 Å². The van der Waals surface area contributed by atoms with Gasteiger partial charge in [0.2, 0.25) is 0 Å². The molecule has 8 aromatic rings. The highest BCUT2D eigenvalue weighted by Gasteiger charge is 2.43. The summed E-state index contributed by atoms with van der Waals surface area (Å²) in [7, 11) is 0. The molecule has 0 bridgehead atoms. The first-order chi connectivity index (χ1) is 24.2. The van der Waals surface area contributed by atoms with Crippen LogP contribution >= 0.6 is 0 Å². The number of hydrogen-bond acceptors (Lipinski definition) is 1. The third-order valence-corrected chi connectivity index (χ3v) is 11.9. The summed E-state index contributed by atoms with van der Waals surface area (Å²) in [5, 5.41) is 7.76. The molecule has 0 aliphatic heterocycles. The van der Waals surface area contributed by atoms with E-state index in [0.29, 0.717) is 0 Å². The first kappa shape index (κ1) is 29.3. The van der Waals surface area contributed by atoms with Gasteiger partial charge in [-0.05, 0) is 115 Å². The summed E-state index contributed by atoms with van der Waals surface area (Å²) in [5.74, 6) is 0. The van der Waals surface area contributed by atoms with Gasteiger partial charge >= 0.3 is 0 Å². The summed E-state index contributed by atoms with van der Waals surface area (Å²) in [5.41, 5.74) is 15.8. The van der Waals surface area contributed by atoms with Crippen LogP contribution in [0.1, 0.15) is 55.5 Å². The number of fused-ring (bicyclic) bond motifs is 11. The monoisotopic (exact) mass is 641 g/mol. The van der Waals surface area contributed by atoms with Crippen LogP contribution < -0.4 is 4.90 Å². The summed E-state index contributed by atoms with van der Waals surface area (Å²) in [6.45, 7) is 12.0. The predicted molar refractivity (Wildman–Crippen MR) is 214 cm³/mol. The maximum atomic E-state index is 2.56. The van der Waals surface area contributed by atoms with Crippen molar-refractivity contribution in [3.8, 4) is 22.3 Å². The van der Waals surface area contributed by atoms with Gasteiger partial charge in [-0.25, -0.2) is 0 Å². The Morgan fingerprint density at radius 3 is 1.56 bits per heavy atom. The van der Waals surface area contributed by atoms with E-state index < -0.39 is 0 Å². The molecule has 0 atom stereocenters. The second-order valence-corrected chi connectivity index (χ2v) is 15.4. The van der Waals surface area contributed by atoms with Crippen LogP contribution in [0.5, 0.6) is 0 Å². The number of hydrogen-bond donors (Lipinski definition) is 0. The zero-order chi connectivity index (χ0) is 33.9. The zero-order valence-electron chi connectivity index (χ0n) is 29.3. The minimum atomic E-state index is -0.201. The lowest BCUT2D eigenvalue weighted by Crippen LogP contribution is -2.18. The van der Waals surface area contributed by atoms with Gasteiger partial charge in [0.15, 0.2) is 0 Å². The SMILES string of the molecule is Cc1cc2c(c3ccccc13)-c1cc3c(cc1C2(C)C)-c1c(cc(N(c2ccccc2)c2cccc4ccccc24)c2ccccc12)C3(C)C. The van der Waals surface area contributed by atoms with E-state index in [4.69, 9.17) is 0 Å². The van der Waals surface area contributed by atoms with E-state index in [1.165, 1.54) is 93.8 Å². The van der Waals surface area contributed by atoms with Gasteiger partial charge in [-0.3, -0.25) is 0 Å². The molecule has 10 rings (SSSR count). The van der Waals surface area contributed by atoms with Crippen LogP contribution in [0.25, 0.3) is 54.6 Å². The Bertz CT molecular complexity index is 2710. The predicted octanol–water partition coefficient (Wildman–Crippen LogP) is 13.5.